The summed E-state index contributed by atoms with van der Waals surface area (Å²) >= 11 is 0. The van der Waals surface area contributed by atoms with Crippen LogP contribution in [0.4, 0.5) is 0 Å². The number of sulfonamides is 1. The van der Waals surface area contributed by atoms with Gasteiger partial charge < -0.3 is 4.74 Å². The lowest BCUT2D eigenvalue weighted by Crippen LogP contribution is -2.41. The summed E-state index contributed by atoms with van der Waals surface area (Å²) in [6, 6.07) is 7.79. The number of rotatable bonds is 3. The Morgan fingerprint density at radius 3 is 2.67 bits per heavy atom. The van der Waals surface area contributed by atoms with Crippen molar-refractivity contribution in [3.63, 3.8) is 0 Å². The van der Waals surface area contributed by atoms with Crippen LogP contribution in [0, 0.1) is 0 Å². The topological polar surface area (TPSA) is 72.4 Å². The van der Waals surface area contributed by atoms with Crippen molar-refractivity contribution in [2.24, 2.45) is 0 Å². The number of benzene rings is 1. The van der Waals surface area contributed by atoms with Crippen LogP contribution in [0.2, 0.25) is 0 Å². The van der Waals surface area contributed by atoms with Crippen molar-refractivity contribution in [1.82, 2.24) is 14.5 Å². The number of hydrogen-bond donors (Lipinski definition) is 0. The maximum absolute atomic E-state index is 11.5. The summed E-state index contributed by atoms with van der Waals surface area (Å²) in [5.74, 6) is 0.519. The fraction of sp³-hybridized carbons (Fsp3) is 0.429. The Bertz CT molecular complexity index is 735. The van der Waals surface area contributed by atoms with Gasteiger partial charge in [-0.3, -0.25) is 0 Å². The summed E-state index contributed by atoms with van der Waals surface area (Å²) in [6.45, 7) is 0.976. The minimum Gasteiger partial charge on any atom is -0.473 e. The van der Waals surface area contributed by atoms with Gasteiger partial charge in [0.2, 0.25) is 15.9 Å². The second kappa shape index (κ2) is 5.57. The lowest BCUT2D eigenvalue weighted by molar-refractivity contribution is 0.131. The molecule has 2 aromatic rings. The van der Waals surface area contributed by atoms with Gasteiger partial charge in [0.25, 0.3) is 0 Å². The van der Waals surface area contributed by atoms with E-state index in [1.807, 2.05) is 24.3 Å². The molecule has 1 aromatic heterocycles. The number of nitrogens with zero attached hydrogens (tertiary/aromatic N) is 3. The van der Waals surface area contributed by atoms with Crippen LogP contribution in [0.25, 0.3) is 10.8 Å². The van der Waals surface area contributed by atoms with E-state index in [-0.39, 0.29) is 6.10 Å². The number of hydrogen-bond acceptors (Lipinski definition) is 5. The highest BCUT2D eigenvalue weighted by atomic mass is 32.2. The summed E-state index contributed by atoms with van der Waals surface area (Å²) in [5, 5.41) is 9.93. The van der Waals surface area contributed by atoms with Gasteiger partial charge in [-0.1, -0.05) is 18.2 Å². The van der Waals surface area contributed by atoms with Gasteiger partial charge in [-0.15, -0.1) is 5.10 Å². The molecule has 0 bridgehead atoms. The van der Waals surface area contributed by atoms with Crippen molar-refractivity contribution in [1.29, 1.82) is 0 Å². The molecule has 0 aliphatic carbocycles. The molecule has 1 aromatic carbocycles. The molecule has 0 spiro atoms. The molecule has 2 heterocycles. The molecule has 6 nitrogen and oxygen atoms in total. The average Bonchev–Trinajstić information content (AvgIpc) is 2.47. The first-order valence-corrected chi connectivity index (χ1v) is 8.71. The standard InChI is InChI=1S/C14H17N3O3S/c1-21(18,19)17-8-6-12(7-9-17)20-14-13-5-3-2-4-11(13)10-15-16-14/h2-5,10,12H,6-9H2,1H3. The van der Waals surface area contributed by atoms with Gasteiger partial charge in [-0.2, -0.15) is 5.10 Å². The third-order valence-corrected chi connectivity index (χ3v) is 4.99. The second-order valence-electron chi connectivity index (χ2n) is 5.22. The van der Waals surface area contributed by atoms with E-state index in [4.69, 9.17) is 4.74 Å². The fourth-order valence-corrected chi connectivity index (χ4v) is 3.40. The van der Waals surface area contributed by atoms with Gasteiger partial charge in [0.05, 0.1) is 12.5 Å². The van der Waals surface area contributed by atoms with Crippen LogP contribution < -0.4 is 4.74 Å². The zero-order valence-corrected chi connectivity index (χ0v) is 12.6. The van der Waals surface area contributed by atoms with Gasteiger partial charge in [-0.25, -0.2) is 12.7 Å². The van der Waals surface area contributed by atoms with E-state index in [2.05, 4.69) is 10.2 Å². The molecule has 0 saturated carbocycles. The van der Waals surface area contributed by atoms with Gasteiger partial charge in [0, 0.05) is 23.9 Å². The van der Waals surface area contributed by atoms with Gasteiger partial charge in [0.15, 0.2) is 0 Å². The van der Waals surface area contributed by atoms with Crippen LogP contribution >= 0.6 is 0 Å². The van der Waals surface area contributed by atoms with E-state index in [0.717, 1.165) is 10.8 Å². The summed E-state index contributed by atoms with van der Waals surface area (Å²) in [7, 11) is -3.11. The van der Waals surface area contributed by atoms with Crippen LogP contribution in [0.3, 0.4) is 0 Å². The normalized spacial score (nSPS) is 18.0. The zero-order chi connectivity index (χ0) is 14.9. The van der Waals surface area contributed by atoms with Gasteiger partial charge >= 0.3 is 0 Å². The van der Waals surface area contributed by atoms with Crippen molar-refractivity contribution in [3.8, 4) is 5.88 Å². The van der Waals surface area contributed by atoms with E-state index in [9.17, 15) is 8.42 Å². The molecule has 0 unspecified atom stereocenters. The largest absolute Gasteiger partial charge is 0.473 e. The van der Waals surface area contributed by atoms with Crippen molar-refractivity contribution in [2.45, 2.75) is 18.9 Å². The minimum atomic E-state index is -3.11. The number of piperidine rings is 1. The Kier molecular flexibility index (Phi) is 3.77. The Morgan fingerprint density at radius 2 is 1.95 bits per heavy atom. The van der Waals surface area contributed by atoms with Crippen LogP contribution in [0.1, 0.15) is 12.8 Å². The maximum atomic E-state index is 11.5. The molecule has 1 aliphatic rings. The zero-order valence-electron chi connectivity index (χ0n) is 11.8. The first-order chi connectivity index (χ1) is 10.0. The van der Waals surface area contributed by atoms with E-state index in [0.29, 0.717) is 31.8 Å². The number of fused-ring (bicyclic) bond motifs is 1. The molecular formula is C14H17N3O3S. The lowest BCUT2D eigenvalue weighted by atomic mass is 10.1. The van der Waals surface area contributed by atoms with Crippen LogP contribution in [0.5, 0.6) is 5.88 Å². The molecule has 3 rings (SSSR count). The van der Waals surface area contributed by atoms with Gasteiger partial charge in [-0.05, 0) is 18.9 Å². The van der Waals surface area contributed by atoms with E-state index in [1.165, 1.54) is 10.6 Å². The highest BCUT2D eigenvalue weighted by Gasteiger charge is 2.26. The maximum Gasteiger partial charge on any atom is 0.241 e. The molecule has 0 amide bonds. The Labute approximate surface area is 123 Å². The Balaban J connectivity index is 1.73. The predicted molar refractivity (Wildman–Crippen MR) is 79.6 cm³/mol. The molecule has 1 aliphatic heterocycles. The third kappa shape index (κ3) is 3.14. The van der Waals surface area contributed by atoms with E-state index in [1.54, 1.807) is 6.20 Å². The summed E-state index contributed by atoms with van der Waals surface area (Å²) in [4.78, 5) is 0. The molecule has 112 valence electrons. The number of ether oxygens (including phenoxy) is 1. The van der Waals surface area contributed by atoms with Crippen molar-refractivity contribution >= 4 is 20.8 Å². The molecule has 0 radical (unpaired) electrons. The van der Waals surface area contributed by atoms with Crippen LogP contribution in [-0.2, 0) is 10.0 Å². The summed E-state index contributed by atoms with van der Waals surface area (Å²) in [5.41, 5.74) is 0. The van der Waals surface area contributed by atoms with Gasteiger partial charge in [0.1, 0.15) is 6.10 Å². The van der Waals surface area contributed by atoms with E-state index >= 15 is 0 Å². The van der Waals surface area contributed by atoms with Crippen molar-refractivity contribution < 1.29 is 13.2 Å². The van der Waals surface area contributed by atoms with Crippen LogP contribution in [0.15, 0.2) is 30.5 Å². The highest BCUT2D eigenvalue weighted by Crippen LogP contribution is 2.25. The molecule has 21 heavy (non-hydrogen) atoms. The van der Waals surface area contributed by atoms with Crippen molar-refractivity contribution in [2.75, 3.05) is 19.3 Å². The third-order valence-electron chi connectivity index (χ3n) is 3.68. The van der Waals surface area contributed by atoms with Crippen LogP contribution in [-0.4, -0.2) is 48.4 Å². The highest BCUT2D eigenvalue weighted by molar-refractivity contribution is 7.88. The average molecular weight is 307 g/mol. The predicted octanol–water partition coefficient (Wildman–Crippen LogP) is 1.43. The lowest BCUT2D eigenvalue weighted by Gasteiger charge is -2.30. The molecule has 7 heteroatoms. The monoisotopic (exact) mass is 307 g/mol. The number of aromatic nitrogens is 2. The SMILES string of the molecule is CS(=O)(=O)N1CCC(Oc2nncc3ccccc23)CC1. The summed E-state index contributed by atoms with van der Waals surface area (Å²) in [6.07, 6.45) is 4.25. The molecule has 0 N–H and O–H groups in total. The quantitative estimate of drug-likeness (QED) is 0.858. The molecule has 1 saturated heterocycles. The molecular weight excluding hydrogens is 290 g/mol. The Hall–Kier alpha value is -1.73. The smallest absolute Gasteiger partial charge is 0.241 e. The first kappa shape index (κ1) is 14.2. The minimum absolute atomic E-state index is 0.0249. The summed E-state index contributed by atoms with van der Waals surface area (Å²) < 4.78 is 30.4. The second-order valence-corrected chi connectivity index (χ2v) is 7.20. The van der Waals surface area contributed by atoms with E-state index < -0.39 is 10.0 Å². The Morgan fingerprint density at radius 1 is 1.24 bits per heavy atom. The fourth-order valence-electron chi connectivity index (χ4n) is 2.53. The molecule has 0 atom stereocenters. The molecule has 1 fully saturated rings. The first-order valence-electron chi connectivity index (χ1n) is 6.86. The van der Waals surface area contributed by atoms with Crippen molar-refractivity contribution in [3.05, 3.63) is 30.5 Å².